The number of piperazine rings is 1. The molecule has 0 aromatic carbocycles. The van der Waals surface area contributed by atoms with E-state index in [-0.39, 0.29) is 48.8 Å². The molecule has 3 aliphatic rings. The van der Waals surface area contributed by atoms with Crippen LogP contribution in [-0.2, 0) is 9.59 Å². The van der Waals surface area contributed by atoms with E-state index in [4.69, 9.17) is 5.26 Å². The molecule has 9 heteroatoms. The minimum atomic E-state index is -0.514. The molecule has 3 aliphatic heterocycles. The Balaban J connectivity index is 1.67. The summed E-state index contributed by atoms with van der Waals surface area (Å²) >= 11 is 0. The highest BCUT2D eigenvalue weighted by Crippen LogP contribution is 2.32. The summed E-state index contributed by atoms with van der Waals surface area (Å²) in [7, 11) is 0. The van der Waals surface area contributed by atoms with Crippen LogP contribution < -0.4 is 21.3 Å². The van der Waals surface area contributed by atoms with Crippen LogP contribution in [0.2, 0.25) is 0 Å². The average molecular weight is 404 g/mol. The van der Waals surface area contributed by atoms with Crippen molar-refractivity contribution in [3.05, 3.63) is 16.1 Å². The van der Waals surface area contributed by atoms with Gasteiger partial charge in [-0.2, -0.15) is 5.26 Å². The van der Waals surface area contributed by atoms with Gasteiger partial charge >= 0.3 is 0 Å². The number of carbonyl (C=O) groups excluding carboxylic acids is 2. The molecular weight excluding hydrogens is 372 g/mol. The molecule has 3 heterocycles. The molecule has 29 heavy (non-hydrogen) atoms. The van der Waals surface area contributed by atoms with Crippen molar-refractivity contribution in [3.63, 3.8) is 0 Å². The normalized spacial score (nSPS) is 36.0. The zero-order valence-corrected chi connectivity index (χ0v) is 17.5. The molecule has 4 N–H and O–H groups in total. The highest BCUT2D eigenvalue weighted by atomic mass is 16.3. The summed E-state index contributed by atoms with van der Waals surface area (Å²) in [4.78, 5) is 37.7. The maximum atomic E-state index is 12.7. The molecule has 0 saturated carbocycles. The fourth-order valence-electron chi connectivity index (χ4n) is 5.15. The molecule has 2 fully saturated rings. The standard InChI is InChI=1S/C20H30N6O3/c1-10-15(20(28)25-16-5-6-22-11(2)18(10)16)7-17(27)24-13(4)19-12(3)23-14(8-21)9-26(19)29/h11-14,16,18-19,22-23H,5-7,9H2,1-4H3,(H-,24,25,27,28)/p+1/t11?,12?,13-,14?,16?,18?,19?/m1/s1. The number of nitrogens with zero attached hydrogens (tertiary/aromatic N) is 2. The Morgan fingerprint density at radius 2 is 2.10 bits per heavy atom. The smallest absolute Gasteiger partial charge is 0.247 e. The van der Waals surface area contributed by atoms with Crippen LogP contribution in [0, 0.1) is 22.2 Å². The lowest BCUT2D eigenvalue weighted by molar-refractivity contribution is -0.603. The van der Waals surface area contributed by atoms with E-state index in [1.54, 1.807) is 6.92 Å². The maximum absolute atomic E-state index is 12.7. The van der Waals surface area contributed by atoms with Gasteiger partial charge in [0.05, 0.1) is 24.6 Å². The van der Waals surface area contributed by atoms with Gasteiger partial charge in [0.15, 0.2) is 6.04 Å². The van der Waals surface area contributed by atoms with E-state index < -0.39 is 18.1 Å². The van der Waals surface area contributed by atoms with E-state index in [1.807, 2.05) is 13.8 Å². The van der Waals surface area contributed by atoms with Crippen LogP contribution in [0.1, 0.15) is 40.5 Å². The van der Waals surface area contributed by atoms with Crippen molar-refractivity contribution in [2.24, 2.45) is 5.92 Å². The van der Waals surface area contributed by atoms with Gasteiger partial charge in [-0.3, -0.25) is 14.9 Å². The summed E-state index contributed by atoms with van der Waals surface area (Å²) in [5.41, 5.74) is 1.49. The van der Waals surface area contributed by atoms with E-state index in [2.05, 4.69) is 34.3 Å². The third kappa shape index (κ3) is 4.33. The monoisotopic (exact) mass is 403 g/mol. The van der Waals surface area contributed by atoms with Crippen molar-refractivity contribution in [1.82, 2.24) is 21.3 Å². The molecule has 0 aromatic heterocycles. The van der Waals surface area contributed by atoms with E-state index in [0.29, 0.717) is 5.57 Å². The van der Waals surface area contributed by atoms with Crippen LogP contribution in [0.3, 0.4) is 0 Å². The third-order valence-electron chi connectivity index (χ3n) is 6.53. The minimum Gasteiger partial charge on any atom is -0.349 e. The van der Waals surface area contributed by atoms with Crippen molar-refractivity contribution < 1.29 is 14.3 Å². The van der Waals surface area contributed by atoms with Crippen LogP contribution >= 0.6 is 0 Å². The van der Waals surface area contributed by atoms with Crippen LogP contribution in [-0.4, -0.2) is 65.9 Å². The van der Waals surface area contributed by atoms with Gasteiger partial charge in [0.2, 0.25) is 24.4 Å². The molecular formula is C20H31N6O3+. The van der Waals surface area contributed by atoms with Crippen LogP contribution in [0.4, 0.5) is 0 Å². The topological polar surface area (TPSA) is 126 Å². The molecule has 7 atom stereocenters. The first-order valence-corrected chi connectivity index (χ1v) is 10.4. The fourth-order valence-corrected chi connectivity index (χ4v) is 5.15. The zero-order chi connectivity index (χ0) is 21.3. The van der Waals surface area contributed by atoms with Crippen LogP contribution in [0.25, 0.3) is 0 Å². The van der Waals surface area contributed by atoms with E-state index in [1.165, 1.54) is 0 Å². The first-order valence-electron chi connectivity index (χ1n) is 10.4. The molecule has 3 rings (SSSR count). The second-order valence-electron chi connectivity index (χ2n) is 8.56. The number of nitroso groups, excluding NO2 is 1. The Kier molecular flexibility index (Phi) is 6.34. The fraction of sp³-hybridized carbons (Fsp3) is 0.750. The van der Waals surface area contributed by atoms with Gasteiger partial charge in [0.25, 0.3) is 0 Å². The predicted octanol–water partition coefficient (Wildman–Crippen LogP) is -0.275. The number of amides is 2. The van der Waals surface area contributed by atoms with Gasteiger partial charge in [-0.15, -0.1) is 0 Å². The van der Waals surface area contributed by atoms with Crippen molar-refractivity contribution in [2.75, 3.05) is 13.1 Å². The molecule has 158 valence electrons. The number of nitriles is 1. The Hall–Kier alpha value is -2.31. The Labute approximate surface area is 171 Å². The number of piperidine rings is 1. The first kappa shape index (κ1) is 21.4. The van der Waals surface area contributed by atoms with Gasteiger partial charge < -0.3 is 16.0 Å². The van der Waals surface area contributed by atoms with Crippen LogP contribution in [0.15, 0.2) is 11.1 Å². The molecule has 2 saturated heterocycles. The SMILES string of the molecule is CC1=C(CC(=O)N[C@H](C)C2C(C)NC(C#N)C[N+]2=O)C(=O)NC2CCNC(C)C12. The molecule has 9 nitrogen and oxygen atoms in total. The van der Waals surface area contributed by atoms with Crippen molar-refractivity contribution in [3.8, 4) is 6.07 Å². The second-order valence-corrected chi connectivity index (χ2v) is 8.56. The first-order chi connectivity index (χ1) is 13.7. The molecule has 0 bridgehead atoms. The number of fused-ring (bicyclic) bond motifs is 1. The minimum absolute atomic E-state index is 0.00778. The van der Waals surface area contributed by atoms with Crippen molar-refractivity contribution >= 4 is 11.8 Å². The predicted molar refractivity (Wildman–Crippen MR) is 107 cm³/mol. The Morgan fingerprint density at radius 3 is 2.76 bits per heavy atom. The molecule has 2 amide bonds. The van der Waals surface area contributed by atoms with E-state index >= 15 is 0 Å². The molecule has 0 aromatic rings. The summed E-state index contributed by atoms with van der Waals surface area (Å²) in [5, 5.41) is 21.5. The Morgan fingerprint density at radius 1 is 1.38 bits per heavy atom. The van der Waals surface area contributed by atoms with Gasteiger partial charge in [0.1, 0.15) is 0 Å². The molecule has 0 spiro atoms. The number of hydrogen-bond donors (Lipinski definition) is 4. The largest absolute Gasteiger partial charge is 0.349 e. The van der Waals surface area contributed by atoms with Crippen molar-refractivity contribution in [1.29, 1.82) is 5.26 Å². The molecule has 0 radical (unpaired) electrons. The van der Waals surface area contributed by atoms with Gasteiger partial charge in [-0.25, -0.2) is 0 Å². The number of nitrogens with one attached hydrogen (secondary N) is 4. The second kappa shape index (κ2) is 8.59. The number of carbonyl (C=O) groups is 2. The van der Waals surface area contributed by atoms with Crippen LogP contribution in [0.5, 0.6) is 0 Å². The maximum Gasteiger partial charge on any atom is 0.247 e. The number of hydrogen-bond acceptors (Lipinski definition) is 6. The van der Waals surface area contributed by atoms with Crippen molar-refractivity contribution in [2.45, 2.75) is 76.8 Å². The molecule has 0 aliphatic carbocycles. The quantitative estimate of drug-likeness (QED) is 0.479. The zero-order valence-electron chi connectivity index (χ0n) is 17.5. The average Bonchev–Trinajstić information content (AvgIpc) is 2.64. The summed E-state index contributed by atoms with van der Waals surface area (Å²) in [6.07, 6.45) is 0.871. The van der Waals surface area contributed by atoms with Gasteiger partial charge in [0, 0.05) is 33.2 Å². The summed E-state index contributed by atoms with van der Waals surface area (Å²) < 4.78 is 0.873. The Bertz CT molecular complexity index is 773. The highest BCUT2D eigenvalue weighted by molar-refractivity contribution is 6.00. The lowest BCUT2D eigenvalue weighted by Crippen LogP contribution is -2.63. The van der Waals surface area contributed by atoms with E-state index in [9.17, 15) is 14.5 Å². The van der Waals surface area contributed by atoms with E-state index in [0.717, 1.165) is 23.3 Å². The summed E-state index contributed by atoms with van der Waals surface area (Å²) in [6, 6.07) is 0.755. The van der Waals surface area contributed by atoms with Gasteiger partial charge in [-0.05, 0) is 40.7 Å². The number of rotatable bonds is 4. The lowest BCUT2D eigenvalue weighted by atomic mass is 9.76. The lowest BCUT2D eigenvalue weighted by Gasteiger charge is -2.42. The molecule has 6 unspecified atom stereocenters. The highest BCUT2D eigenvalue weighted by Gasteiger charge is 2.44. The van der Waals surface area contributed by atoms with Gasteiger partial charge in [-0.1, -0.05) is 5.57 Å². The summed E-state index contributed by atoms with van der Waals surface area (Å²) in [5.74, 6) is -0.264. The summed E-state index contributed by atoms with van der Waals surface area (Å²) in [6.45, 7) is 8.60. The third-order valence-corrected chi connectivity index (χ3v) is 6.53.